The second-order valence-corrected chi connectivity index (χ2v) is 4.92. The Morgan fingerprint density at radius 1 is 1.28 bits per heavy atom. The van der Waals surface area contributed by atoms with E-state index in [1.165, 1.54) is 6.42 Å². The van der Waals surface area contributed by atoms with Crippen LogP contribution in [0.2, 0.25) is 0 Å². The number of benzene rings is 1. The SMILES string of the molecule is CCNCCC1(Oc2cccc(OC)c2)CCC1. The van der Waals surface area contributed by atoms with Crippen LogP contribution in [0.3, 0.4) is 0 Å². The minimum Gasteiger partial charge on any atom is -0.497 e. The summed E-state index contributed by atoms with van der Waals surface area (Å²) in [5.41, 5.74) is 0.0501. The first-order valence-corrected chi connectivity index (χ1v) is 6.82. The Bertz CT molecular complexity index is 375. The van der Waals surface area contributed by atoms with Crippen molar-refractivity contribution in [3.8, 4) is 11.5 Å². The Balaban J connectivity index is 1.96. The number of rotatable bonds is 7. The number of hydrogen-bond acceptors (Lipinski definition) is 3. The molecule has 1 saturated carbocycles. The summed E-state index contributed by atoms with van der Waals surface area (Å²) >= 11 is 0. The van der Waals surface area contributed by atoms with Crippen molar-refractivity contribution in [3.63, 3.8) is 0 Å². The molecule has 1 aliphatic rings. The average Bonchev–Trinajstić information content (AvgIpc) is 2.36. The van der Waals surface area contributed by atoms with Crippen LogP contribution in [0.1, 0.15) is 32.6 Å². The van der Waals surface area contributed by atoms with Crippen molar-refractivity contribution in [3.05, 3.63) is 24.3 Å². The van der Waals surface area contributed by atoms with E-state index in [0.29, 0.717) is 0 Å². The summed E-state index contributed by atoms with van der Waals surface area (Å²) in [6, 6.07) is 7.90. The summed E-state index contributed by atoms with van der Waals surface area (Å²) < 4.78 is 11.4. The van der Waals surface area contributed by atoms with Crippen LogP contribution in [0.4, 0.5) is 0 Å². The fourth-order valence-corrected chi connectivity index (χ4v) is 2.38. The quantitative estimate of drug-likeness (QED) is 0.754. The number of hydrogen-bond donors (Lipinski definition) is 1. The van der Waals surface area contributed by atoms with Crippen LogP contribution in [0.5, 0.6) is 11.5 Å². The molecule has 0 bridgehead atoms. The molecule has 1 aromatic rings. The normalized spacial score (nSPS) is 17.0. The topological polar surface area (TPSA) is 30.5 Å². The van der Waals surface area contributed by atoms with Gasteiger partial charge in [-0.3, -0.25) is 0 Å². The fourth-order valence-electron chi connectivity index (χ4n) is 2.38. The van der Waals surface area contributed by atoms with Crippen molar-refractivity contribution in [1.82, 2.24) is 5.32 Å². The van der Waals surface area contributed by atoms with Crippen molar-refractivity contribution in [1.29, 1.82) is 0 Å². The summed E-state index contributed by atoms with van der Waals surface area (Å²) in [4.78, 5) is 0. The summed E-state index contributed by atoms with van der Waals surface area (Å²) in [7, 11) is 1.68. The van der Waals surface area contributed by atoms with E-state index >= 15 is 0 Å². The van der Waals surface area contributed by atoms with Crippen LogP contribution in [-0.2, 0) is 0 Å². The molecule has 0 saturated heterocycles. The maximum atomic E-state index is 6.21. The molecule has 0 spiro atoms. The van der Waals surface area contributed by atoms with E-state index in [-0.39, 0.29) is 5.60 Å². The zero-order valence-electron chi connectivity index (χ0n) is 11.4. The Labute approximate surface area is 109 Å². The van der Waals surface area contributed by atoms with Gasteiger partial charge >= 0.3 is 0 Å². The molecular formula is C15H23NO2. The van der Waals surface area contributed by atoms with Crippen molar-refractivity contribution >= 4 is 0 Å². The van der Waals surface area contributed by atoms with Gasteiger partial charge < -0.3 is 14.8 Å². The summed E-state index contributed by atoms with van der Waals surface area (Å²) in [5, 5.41) is 3.38. The molecule has 1 aromatic carbocycles. The molecule has 3 nitrogen and oxygen atoms in total. The van der Waals surface area contributed by atoms with E-state index in [9.17, 15) is 0 Å². The molecule has 0 radical (unpaired) electrons. The molecule has 18 heavy (non-hydrogen) atoms. The van der Waals surface area contributed by atoms with E-state index in [4.69, 9.17) is 9.47 Å². The molecule has 2 rings (SSSR count). The second kappa shape index (κ2) is 6.10. The molecule has 1 aliphatic carbocycles. The monoisotopic (exact) mass is 249 g/mol. The predicted molar refractivity (Wildman–Crippen MR) is 73.4 cm³/mol. The minimum atomic E-state index is 0.0501. The van der Waals surface area contributed by atoms with Gasteiger partial charge in [-0.2, -0.15) is 0 Å². The average molecular weight is 249 g/mol. The van der Waals surface area contributed by atoms with Gasteiger partial charge in [0.05, 0.1) is 7.11 Å². The van der Waals surface area contributed by atoms with Crippen molar-refractivity contribution in [2.75, 3.05) is 20.2 Å². The Hall–Kier alpha value is -1.22. The maximum Gasteiger partial charge on any atom is 0.123 e. The number of methoxy groups -OCH3 is 1. The highest BCUT2D eigenvalue weighted by Crippen LogP contribution is 2.39. The number of nitrogens with one attached hydrogen (secondary N) is 1. The number of ether oxygens (including phenoxy) is 2. The molecule has 0 aliphatic heterocycles. The molecule has 0 heterocycles. The molecule has 0 amide bonds. The molecule has 3 heteroatoms. The lowest BCUT2D eigenvalue weighted by Crippen LogP contribution is -2.45. The van der Waals surface area contributed by atoms with Crippen LogP contribution in [-0.4, -0.2) is 25.8 Å². The highest BCUT2D eigenvalue weighted by atomic mass is 16.5. The van der Waals surface area contributed by atoms with Crippen LogP contribution in [0.25, 0.3) is 0 Å². The van der Waals surface area contributed by atoms with Gasteiger partial charge in [0, 0.05) is 6.07 Å². The van der Waals surface area contributed by atoms with E-state index in [2.05, 4.69) is 12.2 Å². The van der Waals surface area contributed by atoms with E-state index in [0.717, 1.165) is 43.9 Å². The standard InChI is InChI=1S/C15H23NO2/c1-3-16-11-10-15(8-5-9-15)18-14-7-4-6-13(12-14)17-2/h4,6-7,12,16H,3,5,8-11H2,1-2H3. The van der Waals surface area contributed by atoms with E-state index < -0.39 is 0 Å². The smallest absolute Gasteiger partial charge is 0.123 e. The zero-order valence-corrected chi connectivity index (χ0v) is 11.4. The van der Waals surface area contributed by atoms with Gasteiger partial charge in [0.1, 0.15) is 17.1 Å². The minimum absolute atomic E-state index is 0.0501. The Morgan fingerprint density at radius 2 is 2.06 bits per heavy atom. The molecule has 1 N–H and O–H groups in total. The largest absolute Gasteiger partial charge is 0.497 e. The van der Waals surface area contributed by atoms with E-state index in [1.807, 2.05) is 24.3 Å². The van der Waals surface area contributed by atoms with Crippen LogP contribution in [0.15, 0.2) is 24.3 Å². The van der Waals surface area contributed by atoms with Gasteiger partial charge in [-0.15, -0.1) is 0 Å². The lowest BCUT2D eigenvalue weighted by molar-refractivity contribution is -0.0142. The lowest BCUT2D eigenvalue weighted by Gasteiger charge is -2.42. The first-order valence-electron chi connectivity index (χ1n) is 6.82. The second-order valence-electron chi connectivity index (χ2n) is 4.92. The third kappa shape index (κ3) is 3.16. The zero-order chi connectivity index (χ0) is 12.8. The van der Waals surface area contributed by atoms with Crippen molar-refractivity contribution < 1.29 is 9.47 Å². The van der Waals surface area contributed by atoms with E-state index in [1.54, 1.807) is 7.11 Å². The molecule has 0 aromatic heterocycles. The Kier molecular flexibility index (Phi) is 4.48. The van der Waals surface area contributed by atoms with Gasteiger partial charge in [0.25, 0.3) is 0 Å². The third-order valence-electron chi connectivity index (χ3n) is 3.65. The summed E-state index contributed by atoms with van der Waals surface area (Å²) in [6.07, 6.45) is 4.68. The molecule has 0 atom stereocenters. The first-order chi connectivity index (χ1) is 8.78. The molecule has 1 fully saturated rings. The third-order valence-corrected chi connectivity index (χ3v) is 3.65. The fraction of sp³-hybridized carbons (Fsp3) is 0.600. The first kappa shape index (κ1) is 13.2. The molecule has 100 valence electrons. The summed E-state index contributed by atoms with van der Waals surface area (Å²) in [6.45, 7) is 4.19. The highest BCUT2D eigenvalue weighted by Gasteiger charge is 2.38. The van der Waals surface area contributed by atoms with Crippen molar-refractivity contribution in [2.45, 2.75) is 38.2 Å². The Morgan fingerprint density at radius 3 is 2.67 bits per heavy atom. The van der Waals surface area contributed by atoms with Crippen molar-refractivity contribution in [2.24, 2.45) is 0 Å². The van der Waals surface area contributed by atoms with Crippen LogP contribution >= 0.6 is 0 Å². The maximum absolute atomic E-state index is 6.21. The van der Waals surface area contributed by atoms with Gasteiger partial charge in [-0.1, -0.05) is 13.0 Å². The predicted octanol–water partition coefficient (Wildman–Crippen LogP) is 3.00. The molecule has 0 unspecified atom stereocenters. The lowest BCUT2D eigenvalue weighted by atomic mass is 9.77. The highest BCUT2D eigenvalue weighted by molar-refractivity contribution is 5.33. The summed E-state index contributed by atoms with van der Waals surface area (Å²) in [5.74, 6) is 1.78. The van der Waals surface area contributed by atoms with Crippen LogP contribution in [0, 0.1) is 0 Å². The van der Waals surface area contributed by atoms with Gasteiger partial charge in [0.15, 0.2) is 0 Å². The van der Waals surface area contributed by atoms with Gasteiger partial charge in [-0.05, 0) is 50.9 Å². The van der Waals surface area contributed by atoms with Gasteiger partial charge in [-0.25, -0.2) is 0 Å². The molecular weight excluding hydrogens is 226 g/mol. The van der Waals surface area contributed by atoms with Crippen LogP contribution < -0.4 is 14.8 Å². The van der Waals surface area contributed by atoms with Gasteiger partial charge in [0.2, 0.25) is 0 Å².